The van der Waals surface area contributed by atoms with Gasteiger partial charge < -0.3 is 4.74 Å². The molecule has 2 aromatic carbocycles. The Morgan fingerprint density at radius 2 is 1.89 bits per heavy atom. The first-order chi connectivity index (χ1) is 8.61. The first-order valence-corrected chi connectivity index (χ1v) is 5.63. The van der Waals surface area contributed by atoms with Gasteiger partial charge in [-0.2, -0.15) is 0 Å². The number of rotatable bonds is 3. The average molecular weight is 265 g/mol. The normalized spacial score (nSPS) is 10.2. The third kappa shape index (κ3) is 2.51. The van der Waals surface area contributed by atoms with Crippen LogP contribution < -0.4 is 4.74 Å². The van der Waals surface area contributed by atoms with Gasteiger partial charge in [-0.3, -0.25) is 4.79 Å². The number of benzene rings is 2. The topological polar surface area (TPSA) is 26.3 Å². The van der Waals surface area contributed by atoms with E-state index >= 15 is 0 Å². The van der Waals surface area contributed by atoms with Gasteiger partial charge in [-0.25, -0.2) is 4.39 Å². The van der Waals surface area contributed by atoms with E-state index in [1.54, 1.807) is 18.2 Å². The van der Waals surface area contributed by atoms with Crippen molar-refractivity contribution in [1.82, 2.24) is 0 Å². The molecule has 2 nitrogen and oxygen atoms in total. The minimum atomic E-state index is -0.444. The summed E-state index contributed by atoms with van der Waals surface area (Å²) in [4.78, 5) is 12.1. The predicted octanol–water partition coefficient (Wildman–Crippen LogP) is 3.72. The zero-order valence-electron chi connectivity index (χ0n) is 9.61. The molecule has 0 atom stereocenters. The van der Waals surface area contributed by atoms with Crippen molar-refractivity contribution in [2.45, 2.75) is 0 Å². The van der Waals surface area contributed by atoms with Crippen molar-refractivity contribution in [3.8, 4) is 5.75 Å². The van der Waals surface area contributed by atoms with E-state index in [0.717, 1.165) is 0 Å². The Kier molecular flexibility index (Phi) is 3.63. The zero-order chi connectivity index (χ0) is 13.1. The van der Waals surface area contributed by atoms with Gasteiger partial charge in [0.2, 0.25) is 0 Å². The number of methoxy groups -OCH3 is 1. The molecular weight excluding hydrogens is 255 g/mol. The van der Waals surface area contributed by atoms with Crippen LogP contribution in [-0.2, 0) is 0 Å². The number of halogens is 2. The first kappa shape index (κ1) is 12.6. The van der Waals surface area contributed by atoms with Gasteiger partial charge in [0.15, 0.2) is 5.78 Å². The summed E-state index contributed by atoms with van der Waals surface area (Å²) in [6.45, 7) is 0. The van der Waals surface area contributed by atoms with Gasteiger partial charge in [-0.1, -0.05) is 23.7 Å². The van der Waals surface area contributed by atoms with Crippen molar-refractivity contribution < 1.29 is 13.9 Å². The molecule has 0 aliphatic rings. The molecule has 0 aromatic heterocycles. The van der Waals surface area contributed by atoms with E-state index in [-0.39, 0.29) is 11.3 Å². The van der Waals surface area contributed by atoms with Crippen molar-refractivity contribution in [3.63, 3.8) is 0 Å². The number of carbonyl (C=O) groups is 1. The first-order valence-electron chi connectivity index (χ1n) is 5.25. The van der Waals surface area contributed by atoms with E-state index < -0.39 is 5.82 Å². The number of carbonyl (C=O) groups excluding carboxylic acids is 1. The molecule has 92 valence electrons. The maximum Gasteiger partial charge on any atom is 0.193 e. The van der Waals surface area contributed by atoms with Crippen LogP contribution in [-0.4, -0.2) is 12.9 Å². The van der Waals surface area contributed by atoms with Gasteiger partial charge in [0, 0.05) is 11.1 Å². The minimum absolute atomic E-state index is 0.279. The van der Waals surface area contributed by atoms with Gasteiger partial charge in [-0.05, 0) is 30.3 Å². The highest BCUT2D eigenvalue weighted by molar-refractivity contribution is 6.32. The number of hydrogen-bond acceptors (Lipinski definition) is 2. The van der Waals surface area contributed by atoms with E-state index in [2.05, 4.69) is 0 Å². The SMILES string of the molecule is COc1ccc(C(=O)c2cccc(F)c2)cc1Cl. The third-order valence-corrected chi connectivity index (χ3v) is 2.80. The van der Waals surface area contributed by atoms with E-state index in [1.165, 1.54) is 31.4 Å². The molecule has 0 radical (unpaired) electrons. The summed E-state index contributed by atoms with van der Waals surface area (Å²) in [6, 6.07) is 10.2. The summed E-state index contributed by atoms with van der Waals surface area (Å²) in [5.74, 6) is -0.230. The van der Waals surface area contributed by atoms with Crippen LogP contribution in [0.5, 0.6) is 5.75 Å². The fourth-order valence-corrected chi connectivity index (χ4v) is 1.86. The summed E-state index contributed by atoms with van der Waals surface area (Å²) in [7, 11) is 1.50. The van der Waals surface area contributed by atoms with Crippen molar-refractivity contribution in [3.05, 3.63) is 64.4 Å². The summed E-state index contributed by atoms with van der Waals surface area (Å²) in [5, 5.41) is 0.347. The second kappa shape index (κ2) is 5.19. The van der Waals surface area contributed by atoms with Crippen molar-refractivity contribution in [1.29, 1.82) is 0 Å². The maximum atomic E-state index is 13.0. The van der Waals surface area contributed by atoms with Crippen molar-refractivity contribution in [2.24, 2.45) is 0 Å². The van der Waals surface area contributed by atoms with Gasteiger partial charge >= 0.3 is 0 Å². The Labute approximate surface area is 109 Å². The smallest absolute Gasteiger partial charge is 0.193 e. The van der Waals surface area contributed by atoms with E-state index in [0.29, 0.717) is 16.3 Å². The van der Waals surface area contributed by atoms with E-state index in [9.17, 15) is 9.18 Å². The van der Waals surface area contributed by atoms with E-state index in [1.807, 2.05) is 0 Å². The van der Waals surface area contributed by atoms with Crippen LogP contribution in [0.15, 0.2) is 42.5 Å². The summed E-state index contributed by atoms with van der Waals surface area (Å²) >= 11 is 5.94. The zero-order valence-corrected chi connectivity index (χ0v) is 10.4. The molecule has 0 amide bonds. The molecule has 0 aliphatic carbocycles. The molecule has 2 aromatic rings. The highest BCUT2D eigenvalue weighted by Crippen LogP contribution is 2.26. The highest BCUT2D eigenvalue weighted by Gasteiger charge is 2.11. The molecule has 0 aliphatic heterocycles. The maximum absolute atomic E-state index is 13.0. The molecule has 0 bridgehead atoms. The molecule has 4 heteroatoms. The fourth-order valence-electron chi connectivity index (χ4n) is 1.60. The van der Waals surface area contributed by atoms with Crippen LogP contribution in [0, 0.1) is 5.82 Å². The standard InChI is InChI=1S/C14H10ClFO2/c1-18-13-6-5-10(8-12(13)15)14(17)9-3-2-4-11(16)7-9/h2-8H,1H3. The lowest BCUT2D eigenvalue weighted by atomic mass is 10.0. The van der Waals surface area contributed by atoms with Crippen LogP contribution >= 0.6 is 11.6 Å². The Bertz CT molecular complexity index is 596. The van der Waals surface area contributed by atoms with Crippen molar-refractivity contribution in [2.75, 3.05) is 7.11 Å². The van der Waals surface area contributed by atoms with E-state index in [4.69, 9.17) is 16.3 Å². The minimum Gasteiger partial charge on any atom is -0.495 e. The quantitative estimate of drug-likeness (QED) is 0.790. The van der Waals surface area contributed by atoms with Gasteiger partial charge in [-0.15, -0.1) is 0 Å². The Balaban J connectivity index is 2.37. The molecule has 0 spiro atoms. The van der Waals surface area contributed by atoms with Crippen LogP contribution in [0.25, 0.3) is 0 Å². The lowest BCUT2D eigenvalue weighted by Crippen LogP contribution is -2.02. The molecule has 18 heavy (non-hydrogen) atoms. The predicted molar refractivity (Wildman–Crippen MR) is 67.8 cm³/mol. The summed E-state index contributed by atoms with van der Waals surface area (Å²) < 4.78 is 18.0. The Hall–Kier alpha value is -1.87. The highest BCUT2D eigenvalue weighted by atomic mass is 35.5. The van der Waals surface area contributed by atoms with Crippen molar-refractivity contribution >= 4 is 17.4 Å². The average Bonchev–Trinajstić information content (AvgIpc) is 2.37. The molecule has 2 rings (SSSR count). The van der Waals surface area contributed by atoms with Gasteiger partial charge in [0.1, 0.15) is 11.6 Å². The second-order valence-corrected chi connectivity index (χ2v) is 4.10. The van der Waals surface area contributed by atoms with Crippen LogP contribution in [0.2, 0.25) is 5.02 Å². The summed E-state index contributed by atoms with van der Waals surface area (Å²) in [6.07, 6.45) is 0. The number of ether oxygens (including phenoxy) is 1. The number of hydrogen-bond donors (Lipinski definition) is 0. The Morgan fingerprint density at radius 3 is 2.50 bits per heavy atom. The molecule has 0 heterocycles. The monoisotopic (exact) mass is 264 g/mol. The second-order valence-electron chi connectivity index (χ2n) is 3.69. The fraction of sp³-hybridized carbons (Fsp3) is 0.0714. The largest absolute Gasteiger partial charge is 0.495 e. The molecular formula is C14H10ClFO2. The van der Waals surface area contributed by atoms with Gasteiger partial charge in [0.05, 0.1) is 12.1 Å². The molecule has 0 N–H and O–H groups in total. The third-order valence-electron chi connectivity index (χ3n) is 2.50. The lowest BCUT2D eigenvalue weighted by Gasteiger charge is -2.05. The molecule has 0 saturated heterocycles. The lowest BCUT2D eigenvalue weighted by molar-refractivity contribution is 0.103. The number of ketones is 1. The van der Waals surface area contributed by atoms with Crippen LogP contribution in [0.1, 0.15) is 15.9 Å². The van der Waals surface area contributed by atoms with Crippen LogP contribution in [0.4, 0.5) is 4.39 Å². The van der Waals surface area contributed by atoms with Gasteiger partial charge in [0.25, 0.3) is 0 Å². The molecule has 0 saturated carbocycles. The summed E-state index contributed by atoms with van der Waals surface area (Å²) in [5.41, 5.74) is 0.683. The molecule has 0 unspecified atom stereocenters. The molecule has 0 fully saturated rings. The van der Waals surface area contributed by atoms with Crippen LogP contribution in [0.3, 0.4) is 0 Å². The Morgan fingerprint density at radius 1 is 1.17 bits per heavy atom.